The van der Waals surface area contributed by atoms with Crippen LogP contribution in [0.15, 0.2) is 17.5 Å². The molecule has 78 valence electrons. The van der Waals surface area contributed by atoms with Crippen LogP contribution in [0.2, 0.25) is 0 Å². The van der Waals surface area contributed by atoms with Crippen LogP contribution in [0.3, 0.4) is 0 Å². The molecular formula is C11H16O2S. The normalized spacial score (nSPS) is 31.4. The van der Waals surface area contributed by atoms with Crippen molar-refractivity contribution in [1.29, 1.82) is 0 Å². The van der Waals surface area contributed by atoms with E-state index in [1.807, 2.05) is 0 Å². The Kier molecular flexibility index (Phi) is 2.91. The van der Waals surface area contributed by atoms with E-state index < -0.39 is 5.60 Å². The van der Waals surface area contributed by atoms with E-state index in [0.29, 0.717) is 0 Å². The minimum Gasteiger partial charge on any atom is -0.390 e. The Balaban J connectivity index is 1.77. The molecule has 3 heteroatoms. The number of aliphatic hydroxyl groups is 1. The summed E-state index contributed by atoms with van der Waals surface area (Å²) in [6.07, 6.45) is 3.74. The first kappa shape index (κ1) is 10.1. The smallest absolute Gasteiger partial charge is 0.0700 e. The summed E-state index contributed by atoms with van der Waals surface area (Å²) in [4.78, 5) is 1.36. The van der Waals surface area contributed by atoms with Gasteiger partial charge in [-0.15, -0.1) is 11.3 Å². The SMILES string of the molecule is COC1CC(O)(CCc2cccs2)C1. The molecule has 0 aromatic carbocycles. The summed E-state index contributed by atoms with van der Waals surface area (Å²) in [5, 5.41) is 12.1. The molecule has 14 heavy (non-hydrogen) atoms. The van der Waals surface area contributed by atoms with E-state index >= 15 is 0 Å². The van der Waals surface area contributed by atoms with Crippen LogP contribution < -0.4 is 0 Å². The van der Waals surface area contributed by atoms with Gasteiger partial charge in [-0.2, -0.15) is 0 Å². The third kappa shape index (κ3) is 2.16. The van der Waals surface area contributed by atoms with Gasteiger partial charge in [0.05, 0.1) is 11.7 Å². The topological polar surface area (TPSA) is 29.5 Å². The highest BCUT2D eigenvalue weighted by molar-refractivity contribution is 7.09. The van der Waals surface area contributed by atoms with E-state index in [1.54, 1.807) is 18.4 Å². The van der Waals surface area contributed by atoms with Crippen LogP contribution in [-0.2, 0) is 11.2 Å². The van der Waals surface area contributed by atoms with Gasteiger partial charge in [0.25, 0.3) is 0 Å². The molecule has 2 rings (SSSR count). The van der Waals surface area contributed by atoms with Crippen molar-refractivity contribution in [3.05, 3.63) is 22.4 Å². The van der Waals surface area contributed by atoms with Crippen molar-refractivity contribution in [3.8, 4) is 0 Å². The molecule has 0 radical (unpaired) electrons. The Hall–Kier alpha value is -0.380. The second-order valence-corrected chi connectivity index (χ2v) is 5.10. The van der Waals surface area contributed by atoms with Gasteiger partial charge < -0.3 is 9.84 Å². The standard InChI is InChI=1S/C11H16O2S/c1-13-9-7-11(12,8-9)5-4-10-3-2-6-14-10/h2-3,6,9,12H,4-5,7-8H2,1H3. The number of methoxy groups -OCH3 is 1. The van der Waals surface area contributed by atoms with Gasteiger partial charge in [-0.25, -0.2) is 0 Å². The summed E-state index contributed by atoms with van der Waals surface area (Å²) in [6, 6.07) is 4.18. The van der Waals surface area contributed by atoms with E-state index in [9.17, 15) is 5.11 Å². The van der Waals surface area contributed by atoms with Gasteiger partial charge in [-0.05, 0) is 24.3 Å². The predicted molar refractivity (Wildman–Crippen MR) is 57.6 cm³/mol. The number of aryl methyl sites for hydroxylation is 1. The van der Waals surface area contributed by atoms with E-state index in [2.05, 4.69) is 17.5 Å². The molecule has 1 aliphatic rings. The lowest BCUT2D eigenvalue weighted by Gasteiger charge is -2.42. The summed E-state index contributed by atoms with van der Waals surface area (Å²) in [7, 11) is 1.71. The van der Waals surface area contributed by atoms with Crippen LogP contribution in [0.5, 0.6) is 0 Å². The van der Waals surface area contributed by atoms with Crippen LogP contribution in [0.4, 0.5) is 0 Å². The summed E-state index contributed by atoms with van der Waals surface area (Å²) in [5.41, 5.74) is -0.454. The van der Waals surface area contributed by atoms with Crippen LogP contribution in [0.25, 0.3) is 0 Å². The molecule has 1 aromatic heterocycles. The van der Waals surface area contributed by atoms with Crippen molar-refractivity contribution in [3.63, 3.8) is 0 Å². The van der Waals surface area contributed by atoms with Gasteiger partial charge >= 0.3 is 0 Å². The number of ether oxygens (including phenoxy) is 1. The van der Waals surface area contributed by atoms with Crippen molar-refractivity contribution in [1.82, 2.24) is 0 Å². The van der Waals surface area contributed by atoms with Crippen LogP contribution in [-0.4, -0.2) is 23.9 Å². The van der Waals surface area contributed by atoms with Crippen molar-refractivity contribution < 1.29 is 9.84 Å². The lowest BCUT2D eigenvalue weighted by Crippen LogP contribution is -2.48. The minimum absolute atomic E-state index is 0.281. The molecule has 1 N–H and O–H groups in total. The largest absolute Gasteiger partial charge is 0.390 e. The van der Waals surface area contributed by atoms with Gasteiger partial charge in [-0.3, -0.25) is 0 Å². The predicted octanol–water partition coefficient (Wildman–Crippen LogP) is 2.22. The van der Waals surface area contributed by atoms with E-state index in [-0.39, 0.29) is 6.10 Å². The first-order chi connectivity index (χ1) is 6.72. The molecule has 2 nitrogen and oxygen atoms in total. The average molecular weight is 212 g/mol. The molecule has 1 heterocycles. The second kappa shape index (κ2) is 4.01. The van der Waals surface area contributed by atoms with Crippen LogP contribution >= 0.6 is 11.3 Å². The van der Waals surface area contributed by atoms with Crippen molar-refractivity contribution in [2.75, 3.05) is 7.11 Å². The zero-order chi connectivity index (χ0) is 10.0. The molecule has 0 aliphatic heterocycles. The fourth-order valence-electron chi connectivity index (χ4n) is 1.97. The zero-order valence-electron chi connectivity index (χ0n) is 8.40. The fourth-order valence-corrected chi connectivity index (χ4v) is 2.68. The maximum atomic E-state index is 10.0. The highest BCUT2D eigenvalue weighted by atomic mass is 32.1. The summed E-state index contributed by atoms with van der Waals surface area (Å²) < 4.78 is 5.16. The molecule has 0 atom stereocenters. The van der Waals surface area contributed by atoms with E-state index in [0.717, 1.165) is 25.7 Å². The minimum atomic E-state index is -0.454. The monoisotopic (exact) mass is 212 g/mol. The third-order valence-electron chi connectivity index (χ3n) is 2.97. The summed E-state index contributed by atoms with van der Waals surface area (Å²) in [6.45, 7) is 0. The molecule has 0 unspecified atom stereocenters. The van der Waals surface area contributed by atoms with Gasteiger partial charge in [0.2, 0.25) is 0 Å². The maximum Gasteiger partial charge on any atom is 0.0700 e. The Labute approximate surface area is 88.5 Å². The highest BCUT2D eigenvalue weighted by Crippen LogP contribution is 2.37. The number of hydrogen-bond donors (Lipinski definition) is 1. The first-order valence-corrected chi connectivity index (χ1v) is 5.87. The number of rotatable bonds is 4. The second-order valence-electron chi connectivity index (χ2n) is 4.07. The zero-order valence-corrected chi connectivity index (χ0v) is 9.22. The Morgan fingerprint density at radius 3 is 3.00 bits per heavy atom. The molecule has 1 aliphatic carbocycles. The van der Waals surface area contributed by atoms with Crippen LogP contribution in [0, 0.1) is 0 Å². The molecule has 0 spiro atoms. The lowest BCUT2D eigenvalue weighted by atomic mass is 9.74. The van der Waals surface area contributed by atoms with Gasteiger partial charge in [0.15, 0.2) is 0 Å². The van der Waals surface area contributed by atoms with Gasteiger partial charge in [0, 0.05) is 24.8 Å². The summed E-state index contributed by atoms with van der Waals surface area (Å²) in [5.74, 6) is 0. The summed E-state index contributed by atoms with van der Waals surface area (Å²) >= 11 is 1.76. The Morgan fingerprint density at radius 1 is 1.64 bits per heavy atom. The molecule has 0 amide bonds. The lowest BCUT2D eigenvalue weighted by molar-refractivity contribution is -0.130. The Bertz CT molecular complexity index is 275. The molecular weight excluding hydrogens is 196 g/mol. The number of hydrogen-bond acceptors (Lipinski definition) is 3. The van der Waals surface area contributed by atoms with Crippen LogP contribution in [0.1, 0.15) is 24.1 Å². The number of thiophene rings is 1. The molecule has 1 fully saturated rings. The van der Waals surface area contributed by atoms with Gasteiger partial charge in [0.1, 0.15) is 0 Å². The fraction of sp³-hybridized carbons (Fsp3) is 0.636. The Morgan fingerprint density at radius 2 is 2.43 bits per heavy atom. The van der Waals surface area contributed by atoms with Crippen molar-refractivity contribution in [2.24, 2.45) is 0 Å². The van der Waals surface area contributed by atoms with Gasteiger partial charge in [-0.1, -0.05) is 6.07 Å². The quantitative estimate of drug-likeness (QED) is 0.829. The molecule has 1 aromatic rings. The molecule has 0 saturated heterocycles. The highest BCUT2D eigenvalue weighted by Gasteiger charge is 2.42. The van der Waals surface area contributed by atoms with E-state index in [1.165, 1.54) is 4.88 Å². The van der Waals surface area contributed by atoms with Crippen molar-refractivity contribution in [2.45, 2.75) is 37.4 Å². The maximum absolute atomic E-state index is 10.0. The third-order valence-corrected chi connectivity index (χ3v) is 3.90. The average Bonchev–Trinajstić information content (AvgIpc) is 2.62. The van der Waals surface area contributed by atoms with Crippen molar-refractivity contribution >= 4 is 11.3 Å². The molecule has 1 saturated carbocycles. The van der Waals surface area contributed by atoms with E-state index in [4.69, 9.17) is 4.74 Å². The first-order valence-electron chi connectivity index (χ1n) is 4.99. The molecule has 0 bridgehead atoms.